The molecule has 5 heteroatoms. The van der Waals surface area contributed by atoms with Crippen LogP contribution in [-0.4, -0.2) is 17.4 Å². The van der Waals surface area contributed by atoms with Crippen LogP contribution in [-0.2, 0) is 6.54 Å². The first-order chi connectivity index (χ1) is 15.2. The standard InChI is InChI=1S/C26H31N3O2/c1-19(20-7-3-2-4-8-20)14-27-15-21-9-5-6-10-25(21)29-26(30)24-13-23(16-28-17-24)22-11-12-31-18-22/h5-6,9-13,16-20,27H,2-4,7-8,14-15H2,1H3,(H,29,30). The third kappa shape index (κ3) is 5.61. The number of carbonyl (C=O) groups excluding carboxylic acids is 1. The molecule has 1 saturated carbocycles. The van der Waals surface area contributed by atoms with Crippen LogP contribution in [0, 0.1) is 11.8 Å². The van der Waals surface area contributed by atoms with E-state index in [0.717, 1.165) is 41.4 Å². The number of amides is 1. The van der Waals surface area contributed by atoms with Crippen molar-refractivity contribution in [1.29, 1.82) is 0 Å². The van der Waals surface area contributed by atoms with E-state index < -0.39 is 0 Å². The van der Waals surface area contributed by atoms with Crippen molar-refractivity contribution in [3.63, 3.8) is 0 Å². The minimum atomic E-state index is -0.166. The monoisotopic (exact) mass is 417 g/mol. The Morgan fingerprint density at radius 3 is 2.77 bits per heavy atom. The summed E-state index contributed by atoms with van der Waals surface area (Å²) in [5.74, 6) is 1.35. The van der Waals surface area contributed by atoms with Gasteiger partial charge in [-0.1, -0.05) is 57.2 Å². The number of pyridine rings is 1. The van der Waals surface area contributed by atoms with Crippen LogP contribution in [0.5, 0.6) is 0 Å². The second kappa shape index (κ2) is 10.4. The molecule has 0 spiro atoms. The highest BCUT2D eigenvalue weighted by molar-refractivity contribution is 6.05. The van der Waals surface area contributed by atoms with E-state index in [1.807, 2.05) is 30.3 Å². The quantitative estimate of drug-likeness (QED) is 0.479. The first-order valence-corrected chi connectivity index (χ1v) is 11.3. The van der Waals surface area contributed by atoms with Crippen molar-refractivity contribution in [1.82, 2.24) is 10.3 Å². The fourth-order valence-electron chi connectivity index (χ4n) is 4.45. The zero-order valence-electron chi connectivity index (χ0n) is 18.1. The Hall–Kier alpha value is -2.92. The minimum Gasteiger partial charge on any atom is -0.472 e. The van der Waals surface area contributed by atoms with E-state index in [-0.39, 0.29) is 5.91 Å². The molecular weight excluding hydrogens is 386 g/mol. The van der Waals surface area contributed by atoms with Gasteiger partial charge in [-0.25, -0.2) is 0 Å². The summed E-state index contributed by atoms with van der Waals surface area (Å²) < 4.78 is 5.14. The van der Waals surface area contributed by atoms with Crippen LogP contribution in [0.2, 0.25) is 0 Å². The van der Waals surface area contributed by atoms with Gasteiger partial charge in [0.05, 0.1) is 18.1 Å². The number of benzene rings is 1. The predicted molar refractivity (Wildman–Crippen MR) is 124 cm³/mol. The third-order valence-electron chi connectivity index (χ3n) is 6.36. The molecule has 0 aliphatic heterocycles. The molecular formula is C26H31N3O2. The Labute approximate surface area is 184 Å². The smallest absolute Gasteiger partial charge is 0.257 e. The number of furan rings is 1. The summed E-state index contributed by atoms with van der Waals surface area (Å²) in [6, 6.07) is 11.7. The SMILES string of the molecule is CC(CNCc1ccccc1NC(=O)c1cncc(-c2ccoc2)c1)C1CCCCC1. The average molecular weight is 418 g/mol. The average Bonchev–Trinajstić information content (AvgIpc) is 3.36. The summed E-state index contributed by atoms with van der Waals surface area (Å²) in [5, 5.41) is 6.66. The van der Waals surface area contributed by atoms with Gasteiger partial charge in [-0.3, -0.25) is 9.78 Å². The molecule has 0 saturated heterocycles. The van der Waals surface area contributed by atoms with Crippen LogP contribution >= 0.6 is 0 Å². The predicted octanol–water partition coefficient (Wildman–Crippen LogP) is 5.90. The highest BCUT2D eigenvalue weighted by Gasteiger charge is 2.19. The molecule has 2 aromatic heterocycles. The molecule has 162 valence electrons. The molecule has 1 aliphatic carbocycles. The molecule has 1 aliphatic rings. The van der Waals surface area contributed by atoms with Gasteiger partial charge < -0.3 is 15.1 Å². The van der Waals surface area contributed by atoms with Gasteiger partial charge in [0.2, 0.25) is 0 Å². The van der Waals surface area contributed by atoms with Gasteiger partial charge in [-0.15, -0.1) is 0 Å². The Kier molecular flexibility index (Phi) is 7.15. The number of nitrogens with zero attached hydrogens (tertiary/aromatic N) is 1. The van der Waals surface area contributed by atoms with Crippen LogP contribution in [0.3, 0.4) is 0 Å². The molecule has 4 rings (SSSR count). The molecule has 3 aromatic rings. The Morgan fingerprint density at radius 1 is 1.13 bits per heavy atom. The van der Waals surface area contributed by atoms with Gasteiger partial charge in [-0.05, 0) is 42.1 Å². The minimum absolute atomic E-state index is 0.166. The van der Waals surface area contributed by atoms with Crippen LogP contribution in [0.15, 0.2) is 65.7 Å². The van der Waals surface area contributed by atoms with E-state index in [9.17, 15) is 4.79 Å². The maximum Gasteiger partial charge on any atom is 0.257 e. The van der Waals surface area contributed by atoms with E-state index in [1.54, 1.807) is 24.9 Å². The lowest BCUT2D eigenvalue weighted by molar-refractivity contribution is 0.102. The lowest BCUT2D eigenvalue weighted by Crippen LogP contribution is -2.27. The van der Waals surface area contributed by atoms with Gasteiger partial charge >= 0.3 is 0 Å². The molecule has 5 nitrogen and oxygen atoms in total. The number of rotatable bonds is 8. The lowest BCUT2D eigenvalue weighted by Gasteiger charge is -2.28. The van der Waals surface area contributed by atoms with Crippen molar-refractivity contribution in [3.05, 3.63) is 72.4 Å². The lowest BCUT2D eigenvalue weighted by atomic mass is 9.81. The molecule has 1 aromatic carbocycles. The maximum atomic E-state index is 12.9. The van der Waals surface area contributed by atoms with E-state index in [4.69, 9.17) is 4.42 Å². The van der Waals surface area contributed by atoms with Gasteiger partial charge in [0, 0.05) is 35.8 Å². The summed E-state index contributed by atoms with van der Waals surface area (Å²) in [7, 11) is 0. The van der Waals surface area contributed by atoms with Crippen molar-refractivity contribution in [3.8, 4) is 11.1 Å². The topological polar surface area (TPSA) is 67.2 Å². The first kappa shape index (κ1) is 21.3. The summed E-state index contributed by atoms with van der Waals surface area (Å²) in [6.45, 7) is 4.10. The van der Waals surface area contributed by atoms with E-state index >= 15 is 0 Å². The summed E-state index contributed by atoms with van der Waals surface area (Å²) in [5.41, 5.74) is 4.20. The summed E-state index contributed by atoms with van der Waals surface area (Å²) >= 11 is 0. The Morgan fingerprint density at radius 2 is 1.97 bits per heavy atom. The van der Waals surface area contributed by atoms with Crippen molar-refractivity contribution >= 4 is 11.6 Å². The number of hydrogen-bond donors (Lipinski definition) is 2. The fraction of sp³-hybridized carbons (Fsp3) is 0.385. The molecule has 1 fully saturated rings. The normalized spacial score (nSPS) is 15.5. The molecule has 2 heterocycles. The zero-order chi connectivity index (χ0) is 21.5. The number of hydrogen-bond acceptors (Lipinski definition) is 4. The molecule has 2 N–H and O–H groups in total. The second-order valence-electron chi connectivity index (χ2n) is 8.59. The zero-order valence-corrected chi connectivity index (χ0v) is 18.1. The molecule has 1 amide bonds. The summed E-state index contributed by atoms with van der Waals surface area (Å²) in [6.07, 6.45) is 13.4. The maximum absolute atomic E-state index is 12.9. The highest BCUT2D eigenvalue weighted by Crippen LogP contribution is 2.29. The van der Waals surface area contributed by atoms with Crippen LogP contribution < -0.4 is 10.6 Å². The first-order valence-electron chi connectivity index (χ1n) is 11.3. The number of anilines is 1. The van der Waals surface area contributed by atoms with Crippen LogP contribution in [0.25, 0.3) is 11.1 Å². The molecule has 1 atom stereocenters. The molecule has 0 bridgehead atoms. The van der Waals surface area contributed by atoms with Gasteiger partial charge in [0.25, 0.3) is 5.91 Å². The van der Waals surface area contributed by atoms with Crippen molar-refractivity contribution in [2.75, 3.05) is 11.9 Å². The van der Waals surface area contributed by atoms with Crippen LogP contribution in [0.1, 0.15) is 54.9 Å². The van der Waals surface area contributed by atoms with Gasteiger partial charge in [0.1, 0.15) is 0 Å². The molecule has 0 radical (unpaired) electrons. The number of para-hydroxylation sites is 1. The largest absolute Gasteiger partial charge is 0.472 e. The fourth-order valence-corrected chi connectivity index (χ4v) is 4.45. The Bertz CT molecular complexity index is 978. The van der Waals surface area contributed by atoms with Gasteiger partial charge in [0.15, 0.2) is 0 Å². The van der Waals surface area contributed by atoms with E-state index in [0.29, 0.717) is 11.5 Å². The molecule has 31 heavy (non-hydrogen) atoms. The van der Waals surface area contributed by atoms with E-state index in [2.05, 4.69) is 28.6 Å². The number of carbonyl (C=O) groups is 1. The second-order valence-corrected chi connectivity index (χ2v) is 8.59. The Balaban J connectivity index is 1.37. The molecule has 1 unspecified atom stereocenters. The van der Waals surface area contributed by atoms with Crippen molar-refractivity contribution < 1.29 is 9.21 Å². The highest BCUT2D eigenvalue weighted by atomic mass is 16.3. The van der Waals surface area contributed by atoms with E-state index in [1.165, 1.54) is 32.1 Å². The van der Waals surface area contributed by atoms with Crippen LogP contribution in [0.4, 0.5) is 5.69 Å². The number of aromatic nitrogens is 1. The van der Waals surface area contributed by atoms with Crippen molar-refractivity contribution in [2.45, 2.75) is 45.6 Å². The van der Waals surface area contributed by atoms with Crippen molar-refractivity contribution in [2.24, 2.45) is 11.8 Å². The summed E-state index contributed by atoms with van der Waals surface area (Å²) in [4.78, 5) is 17.1. The number of nitrogens with one attached hydrogen (secondary N) is 2. The third-order valence-corrected chi connectivity index (χ3v) is 6.36. The van der Waals surface area contributed by atoms with Gasteiger partial charge in [-0.2, -0.15) is 0 Å².